The van der Waals surface area contributed by atoms with Crippen LogP contribution in [0.1, 0.15) is 148 Å². The van der Waals surface area contributed by atoms with Crippen LogP contribution in [-0.2, 0) is 6.42 Å². The van der Waals surface area contributed by atoms with Crippen LogP contribution in [0.25, 0.3) is 0 Å². The van der Waals surface area contributed by atoms with E-state index in [9.17, 15) is 0 Å². The van der Waals surface area contributed by atoms with Gasteiger partial charge in [0.25, 0.3) is 0 Å². The Morgan fingerprint density at radius 2 is 1.35 bits per heavy atom. The third-order valence-corrected chi connectivity index (χ3v) is 6.85. The van der Waals surface area contributed by atoms with E-state index in [2.05, 4.69) is 73.2 Å². The maximum Gasteiger partial charge on any atom is -0.0165 e. The lowest BCUT2D eigenvalue weighted by molar-refractivity contribution is 0.426. The van der Waals surface area contributed by atoms with Crippen LogP contribution in [0.15, 0.2) is 30.4 Å². The molecular formula is C31H56. The van der Waals surface area contributed by atoms with E-state index in [1.807, 2.05) is 0 Å². The summed E-state index contributed by atoms with van der Waals surface area (Å²) in [4.78, 5) is 0. The summed E-state index contributed by atoms with van der Waals surface area (Å²) in [5.74, 6) is 1.48. The Balaban J connectivity index is 0.000000695. The molecule has 0 aliphatic heterocycles. The minimum Gasteiger partial charge on any atom is -0.100 e. The third kappa shape index (κ3) is 15.4. The largest absolute Gasteiger partial charge is 0.100 e. The quantitative estimate of drug-likeness (QED) is 0.181. The van der Waals surface area contributed by atoms with E-state index in [1.165, 1.54) is 106 Å². The first-order chi connectivity index (χ1) is 14.9. The fourth-order valence-corrected chi connectivity index (χ4v) is 4.25. The van der Waals surface area contributed by atoms with E-state index in [-0.39, 0.29) is 0 Å². The van der Waals surface area contributed by atoms with Crippen molar-refractivity contribution in [1.82, 2.24) is 0 Å². The first kappa shape index (κ1) is 30.0. The number of aryl methyl sites for hydroxylation is 2. The number of unbranched alkanes of at least 4 members (excludes halogenated alkanes) is 9. The Hall–Kier alpha value is -1.04. The SMILES string of the molecule is C=C(C)CCCCCCCC.CCCCCCC[C@@H](C)[C@H](C)c1ccc(CC)c(C)c1. The van der Waals surface area contributed by atoms with Crippen molar-refractivity contribution in [3.63, 3.8) is 0 Å². The molecule has 0 heterocycles. The van der Waals surface area contributed by atoms with Crippen molar-refractivity contribution in [1.29, 1.82) is 0 Å². The Kier molecular flexibility index (Phi) is 19.0. The van der Waals surface area contributed by atoms with Crippen molar-refractivity contribution in [2.75, 3.05) is 0 Å². The molecule has 1 aromatic carbocycles. The number of allylic oxidation sites excluding steroid dienone is 1. The smallest absolute Gasteiger partial charge is 0.0165 e. The van der Waals surface area contributed by atoms with Gasteiger partial charge >= 0.3 is 0 Å². The zero-order valence-corrected chi connectivity index (χ0v) is 22.5. The summed E-state index contributed by atoms with van der Waals surface area (Å²) in [6, 6.07) is 7.09. The summed E-state index contributed by atoms with van der Waals surface area (Å²) in [7, 11) is 0. The lowest BCUT2D eigenvalue weighted by Gasteiger charge is -2.21. The van der Waals surface area contributed by atoms with E-state index in [0.29, 0.717) is 5.92 Å². The van der Waals surface area contributed by atoms with Crippen molar-refractivity contribution >= 4 is 0 Å². The number of hydrogen-bond donors (Lipinski definition) is 0. The molecule has 2 atom stereocenters. The van der Waals surface area contributed by atoms with Crippen LogP contribution in [0.2, 0.25) is 0 Å². The Morgan fingerprint density at radius 1 is 0.806 bits per heavy atom. The molecule has 0 fully saturated rings. The first-order valence-corrected chi connectivity index (χ1v) is 13.6. The molecule has 0 unspecified atom stereocenters. The van der Waals surface area contributed by atoms with Gasteiger partial charge in [0.1, 0.15) is 0 Å². The molecular weight excluding hydrogens is 372 g/mol. The zero-order chi connectivity index (χ0) is 23.5. The topological polar surface area (TPSA) is 0 Å². The molecule has 31 heavy (non-hydrogen) atoms. The minimum atomic E-state index is 0.686. The molecule has 1 rings (SSSR count). The van der Waals surface area contributed by atoms with Crippen LogP contribution in [0.3, 0.4) is 0 Å². The first-order valence-electron chi connectivity index (χ1n) is 13.6. The van der Waals surface area contributed by atoms with Crippen LogP contribution in [-0.4, -0.2) is 0 Å². The average Bonchev–Trinajstić information content (AvgIpc) is 2.75. The molecule has 0 radical (unpaired) electrons. The van der Waals surface area contributed by atoms with Gasteiger partial charge in [-0.1, -0.05) is 129 Å². The minimum absolute atomic E-state index is 0.686. The van der Waals surface area contributed by atoms with Gasteiger partial charge in [0.15, 0.2) is 0 Å². The highest BCUT2D eigenvalue weighted by molar-refractivity contribution is 5.32. The predicted octanol–water partition coefficient (Wildman–Crippen LogP) is 11.0. The molecule has 0 amide bonds. The maximum absolute atomic E-state index is 3.89. The second kappa shape index (κ2) is 19.6. The molecule has 0 saturated heterocycles. The van der Waals surface area contributed by atoms with Crippen molar-refractivity contribution in [3.05, 3.63) is 47.0 Å². The zero-order valence-electron chi connectivity index (χ0n) is 22.5. The molecule has 0 nitrogen and oxygen atoms in total. The maximum atomic E-state index is 3.89. The molecule has 180 valence electrons. The van der Waals surface area contributed by atoms with Crippen LogP contribution in [0.4, 0.5) is 0 Å². The molecule has 0 aromatic heterocycles. The van der Waals surface area contributed by atoms with E-state index in [1.54, 1.807) is 0 Å². The Labute approximate surface area is 197 Å². The van der Waals surface area contributed by atoms with Crippen LogP contribution in [0.5, 0.6) is 0 Å². The summed E-state index contributed by atoms with van der Waals surface area (Å²) >= 11 is 0. The second-order valence-corrected chi connectivity index (χ2v) is 9.98. The molecule has 0 spiro atoms. The Morgan fingerprint density at radius 3 is 1.87 bits per heavy atom. The van der Waals surface area contributed by atoms with Gasteiger partial charge < -0.3 is 0 Å². The summed E-state index contributed by atoms with van der Waals surface area (Å²) in [6.07, 6.45) is 19.1. The fourth-order valence-electron chi connectivity index (χ4n) is 4.25. The highest BCUT2D eigenvalue weighted by Crippen LogP contribution is 2.29. The van der Waals surface area contributed by atoms with Gasteiger partial charge in [-0.3, -0.25) is 0 Å². The van der Waals surface area contributed by atoms with Gasteiger partial charge in [0.2, 0.25) is 0 Å². The van der Waals surface area contributed by atoms with Crippen molar-refractivity contribution in [2.24, 2.45) is 5.92 Å². The molecule has 0 aliphatic rings. The van der Waals surface area contributed by atoms with Crippen molar-refractivity contribution in [2.45, 2.75) is 144 Å². The van der Waals surface area contributed by atoms with Gasteiger partial charge in [-0.2, -0.15) is 0 Å². The van der Waals surface area contributed by atoms with Crippen LogP contribution in [0, 0.1) is 12.8 Å². The number of rotatable bonds is 16. The molecule has 0 saturated carbocycles. The average molecular weight is 429 g/mol. The number of hydrogen-bond acceptors (Lipinski definition) is 0. The fraction of sp³-hybridized carbons (Fsp3) is 0.742. The van der Waals surface area contributed by atoms with Crippen molar-refractivity contribution in [3.8, 4) is 0 Å². The number of benzene rings is 1. The summed E-state index contributed by atoms with van der Waals surface area (Å²) < 4.78 is 0. The van der Waals surface area contributed by atoms with Crippen LogP contribution >= 0.6 is 0 Å². The molecule has 0 N–H and O–H groups in total. The van der Waals surface area contributed by atoms with Gasteiger partial charge in [0, 0.05) is 0 Å². The highest BCUT2D eigenvalue weighted by atomic mass is 14.2. The monoisotopic (exact) mass is 428 g/mol. The lowest BCUT2D eigenvalue weighted by Crippen LogP contribution is -2.07. The summed E-state index contributed by atoms with van der Waals surface area (Å²) in [5, 5.41) is 0. The van der Waals surface area contributed by atoms with E-state index >= 15 is 0 Å². The van der Waals surface area contributed by atoms with E-state index in [0.717, 1.165) is 12.3 Å². The normalized spacial score (nSPS) is 12.7. The second-order valence-electron chi connectivity index (χ2n) is 9.98. The molecule has 1 aromatic rings. The summed E-state index contributed by atoms with van der Waals surface area (Å²) in [5.41, 5.74) is 5.82. The van der Waals surface area contributed by atoms with E-state index < -0.39 is 0 Å². The molecule has 0 bridgehead atoms. The van der Waals surface area contributed by atoms with Gasteiger partial charge in [0.05, 0.1) is 0 Å². The lowest BCUT2D eigenvalue weighted by atomic mass is 9.84. The van der Waals surface area contributed by atoms with Crippen molar-refractivity contribution < 1.29 is 0 Å². The highest BCUT2D eigenvalue weighted by Gasteiger charge is 2.14. The van der Waals surface area contributed by atoms with Gasteiger partial charge in [-0.15, -0.1) is 6.58 Å². The van der Waals surface area contributed by atoms with E-state index in [4.69, 9.17) is 0 Å². The van der Waals surface area contributed by atoms with Crippen LogP contribution < -0.4 is 0 Å². The van der Waals surface area contributed by atoms with Gasteiger partial charge in [-0.05, 0) is 61.6 Å². The van der Waals surface area contributed by atoms with Gasteiger partial charge in [-0.25, -0.2) is 0 Å². The third-order valence-electron chi connectivity index (χ3n) is 6.85. The standard InChI is InChI=1S/C20H34.C11H22/c1-6-8-9-10-11-12-16(3)18(5)20-14-13-19(7-2)17(4)15-20;1-4-5-6-7-8-9-10-11(2)3/h13-16,18H,6-12H2,1-5H3;2,4-10H2,1,3H3/t16-,18+;/m1./s1. The summed E-state index contributed by atoms with van der Waals surface area (Å²) in [6.45, 7) is 19.9. The molecule has 0 heteroatoms. The molecule has 0 aliphatic carbocycles. The predicted molar refractivity (Wildman–Crippen MR) is 144 cm³/mol. The Bertz CT molecular complexity index is 553.